The molecule has 0 aliphatic rings. The Morgan fingerprint density at radius 2 is 1.84 bits per heavy atom. The first kappa shape index (κ1) is 19.1. The molecule has 7 heteroatoms. The normalized spacial score (nSPS) is 11.0. The Bertz CT molecular complexity index is 1390. The molecule has 2 N–H and O–H groups in total. The van der Waals surface area contributed by atoms with Gasteiger partial charge in [0, 0.05) is 10.6 Å². The van der Waals surface area contributed by atoms with Gasteiger partial charge in [0.05, 0.1) is 39.9 Å². The molecular weight excluding hydrogens is 410 g/mol. The van der Waals surface area contributed by atoms with Gasteiger partial charge in [0.1, 0.15) is 5.82 Å². The Morgan fingerprint density at radius 1 is 1.03 bits per heavy atom. The van der Waals surface area contributed by atoms with Crippen molar-refractivity contribution < 1.29 is 4.79 Å². The predicted molar refractivity (Wildman–Crippen MR) is 123 cm³/mol. The van der Waals surface area contributed by atoms with Crippen molar-refractivity contribution in [2.24, 2.45) is 0 Å². The van der Waals surface area contributed by atoms with E-state index in [2.05, 4.69) is 20.4 Å². The van der Waals surface area contributed by atoms with Crippen LogP contribution in [-0.2, 0) is 0 Å². The first-order valence-corrected chi connectivity index (χ1v) is 10.1. The Labute approximate surface area is 183 Å². The van der Waals surface area contributed by atoms with E-state index in [1.807, 2.05) is 67.6 Å². The lowest BCUT2D eigenvalue weighted by atomic mass is 10.1. The number of imidazole rings is 1. The van der Waals surface area contributed by atoms with E-state index < -0.39 is 0 Å². The number of hydrogen-bond acceptors (Lipinski definition) is 3. The largest absolute Gasteiger partial charge is 0.338 e. The SMILES string of the molecule is Cc1c(C(=O)Nc2ccccc2-c2nc3ccccc3[nH]2)cnn1-c1cccc(Cl)c1. The number of amides is 1. The van der Waals surface area contributed by atoms with Gasteiger partial charge in [-0.1, -0.05) is 41.9 Å². The molecule has 5 rings (SSSR count). The molecule has 5 aromatic rings. The Hall–Kier alpha value is -3.90. The summed E-state index contributed by atoms with van der Waals surface area (Å²) in [5.74, 6) is 0.456. The zero-order chi connectivity index (χ0) is 21.4. The molecule has 0 fully saturated rings. The van der Waals surface area contributed by atoms with E-state index >= 15 is 0 Å². The standard InChI is InChI=1S/C24H18ClN5O/c1-15-19(14-26-30(15)17-8-6-7-16(25)13-17)24(31)29-20-10-3-2-9-18(20)23-27-21-11-4-5-12-22(21)28-23/h2-14H,1H3,(H,27,28)(H,29,31). The molecule has 0 bridgehead atoms. The molecule has 0 saturated heterocycles. The molecule has 0 aliphatic carbocycles. The van der Waals surface area contributed by atoms with Crippen LogP contribution in [0.15, 0.2) is 79.0 Å². The number of nitrogens with one attached hydrogen (secondary N) is 2. The lowest BCUT2D eigenvalue weighted by Gasteiger charge is -2.10. The highest BCUT2D eigenvalue weighted by Crippen LogP contribution is 2.28. The van der Waals surface area contributed by atoms with E-state index in [-0.39, 0.29) is 5.91 Å². The van der Waals surface area contributed by atoms with Crippen molar-refractivity contribution in [1.29, 1.82) is 0 Å². The van der Waals surface area contributed by atoms with E-state index in [4.69, 9.17) is 11.6 Å². The number of fused-ring (bicyclic) bond motifs is 1. The molecule has 3 aromatic carbocycles. The number of hydrogen-bond donors (Lipinski definition) is 2. The molecule has 6 nitrogen and oxygen atoms in total. The van der Waals surface area contributed by atoms with E-state index in [0.717, 1.165) is 28.0 Å². The summed E-state index contributed by atoms with van der Waals surface area (Å²) in [6, 6.07) is 22.8. The minimum Gasteiger partial charge on any atom is -0.338 e. The number of halogens is 1. The Morgan fingerprint density at radius 3 is 2.68 bits per heavy atom. The van der Waals surface area contributed by atoms with Crippen LogP contribution >= 0.6 is 11.6 Å². The highest BCUT2D eigenvalue weighted by Gasteiger charge is 2.18. The van der Waals surface area contributed by atoms with Crippen molar-refractivity contribution in [2.75, 3.05) is 5.32 Å². The molecule has 0 spiro atoms. The number of rotatable bonds is 4. The monoisotopic (exact) mass is 427 g/mol. The van der Waals surface area contributed by atoms with Crippen LogP contribution in [0.1, 0.15) is 16.1 Å². The second kappa shape index (κ2) is 7.74. The highest BCUT2D eigenvalue weighted by atomic mass is 35.5. The number of benzene rings is 3. The van der Waals surface area contributed by atoms with Crippen molar-refractivity contribution in [3.8, 4) is 17.1 Å². The van der Waals surface area contributed by atoms with E-state index in [9.17, 15) is 4.79 Å². The van der Waals surface area contributed by atoms with Gasteiger partial charge in [-0.3, -0.25) is 4.79 Å². The summed E-state index contributed by atoms with van der Waals surface area (Å²) in [5, 5.41) is 8.00. The number of nitrogens with zero attached hydrogens (tertiary/aromatic N) is 3. The topological polar surface area (TPSA) is 75.6 Å². The summed E-state index contributed by atoms with van der Waals surface area (Å²) in [7, 11) is 0. The van der Waals surface area contributed by atoms with Gasteiger partial charge in [0.2, 0.25) is 0 Å². The van der Waals surface area contributed by atoms with Crippen molar-refractivity contribution >= 4 is 34.2 Å². The summed E-state index contributed by atoms with van der Waals surface area (Å²) in [6.45, 7) is 1.86. The smallest absolute Gasteiger partial charge is 0.259 e. The first-order valence-electron chi connectivity index (χ1n) is 9.76. The second-order valence-electron chi connectivity index (χ2n) is 7.14. The molecule has 2 aromatic heterocycles. The van der Waals surface area contributed by atoms with Gasteiger partial charge >= 0.3 is 0 Å². The number of aromatic amines is 1. The number of aromatic nitrogens is 4. The fraction of sp³-hybridized carbons (Fsp3) is 0.0417. The molecule has 0 unspecified atom stereocenters. The quantitative estimate of drug-likeness (QED) is 0.390. The van der Waals surface area contributed by atoms with Crippen LogP contribution < -0.4 is 5.32 Å². The number of H-pyrrole nitrogens is 1. The van der Waals surface area contributed by atoms with Crippen molar-refractivity contribution in [3.05, 3.63) is 95.3 Å². The second-order valence-corrected chi connectivity index (χ2v) is 7.57. The zero-order valence-corrected chi connectivity index (χ0v) is 17.4. The maximum absolute atomic E-state index is 13.1. The minimum atomic E-state index is -0.241. The van der Waals surface area contributed by atoms with Gasteiger partial charge in [-0.05, 0) is 49.4 Å². The van der Waals surface area contributed by atoms with E-state index in [1.165, 1.54) is 0 Å². The van der Waals surface area contributed by atoms with Gasteiger partial charge in [0.15, 0.2) is 0 Å². The molecule has 1 amide bonds. The summed E-state index contributed by atoms with van der Waals surface area (Å²) in [5.41, 5.74) is 5.30. The summed E-state index contributed by atoms with van der Waals surface area (Å²) in [4.78, 5) is 21.1. The number of carbonyl (C=O) groups is 1. The lowest BCUT2D eigenvalue weighted by molar-refractivity contribution is 0.102. The third-order valence-electron chi connectivity index (χ3n) is 5.13. The van der Waals surface area contributed by atoms with Crippen LogP contribution in [-0.4, -0.2) is 25.7 Å². The number of para-hydroxylation sites is 3. The summed E-state index contributed by atoms with van der Waals surface area (Å²) < 4.78 is 1.70. The number of anilines is 1. The van der Waals surface area contributed by atoms with Crippen LogP contribution in [0.2, 0.25) is 5.02 Å². The van der Waals surface area contributed by atoms with Crippen molar-refractivity contribution in [3.63, 3.8) is 0 Å². The molecule has 31 heavy (non-hydrogen) atoms. The molecule has 152 valence electrons. The molecule has 2 heterocycles. The van der Waals surface area contributed by atoms with Crippen molar-refractivity contribution in [1.82, 2.24) is 19.7 Å². The average molecular weight is 428 g/mol. The van der Waals surface area contributed by atoms with Crippen LogP contribution in [0.25, 0.3) is 28.1 Å². The van der Waals surface area contributed by atoms with Gasteiger partial charge in [0.25, 0.3) is 5.91 Å². The molecule has 0 atom stereocenters. The predicted octanol–water partition coefficient (Wildman–Crippen LogP) is 5.63. The lowest BCUT2D eigenvalue weighted by Crippen LogP contribution is -2.14. The van der Waals surface area contributed by atoms with Crippen molar-refractivity contribution in [2.45, 2.75) is 6.92 Å². The van der Waals surface area contributed by atoms with Gasteiger partial charge < -0.3 is 10.3 Å². The van der Waals surface area contributed by atoms with Crippen LogP contribution in [0.5, 0.6) is 0 Å². The summed E-state index contributed by atoms with van der Waals surface area (Å²) in [6.07, 6.45) is 1.56. The molecule has 0 radical (unpaired) electrons. The summed E-state index contributed by atoms with van der Waals surface area (Å²) >= 11 is 6.10. The van der Waals surface area contributed by atoms with Gasteiger partial charge in [-0.15, -0.1) is 0 Å². The third kappa shape index (κ3) is 3.58. The Kier molecular flexibility index (Phi) is 4.76. The maximum atomic E-state index is 13.1. The fourth-order valence-electron chi connectivity index (χ4n) is 3.57. The van der Waals surface area contributed by atoms with E-state index in [0.29, 0.717) is 22.1 Å². The van der Waals surface area contributed by atoms with Crippen LogP contribution in [0, 0.1) is 6.92 Å². The molecule has 0 aliphatic heterocycles. The third-order valence-corrected chi connectivity index (χ3v) is 5.36. The molecule has 0 saturated carbocycles. The fourth-order valence-corrected chi connectivity index (χ4v) is 3.75. The number of carbonyl (C=O) groups excluding carboxylic acids is 1. The highest BCUT2D eigenvalue weighted by molar-refractivity contribution is 6.30. The van der Waals surface area contributed by atoms with Crippen LogP contribution in [0.4, 0.5) is 5.69 Å². The minimum absolute atomic E-state index is 0.241. The first-order chi connectivity index (χ1) is 15.1. The molecular formula is C24H18ClN5O. The van der Waals surface area contributed by atoms with Gasteiger partial charge in [-0.25, -0.2) is 9.67 Å². The van der Waals surface area contributed by atoms with Crippen LogP contribution in [0.3, 0.4) is 0 Å². The van der Waals surface area contributed by atoms with E-state index in [1.54, 1.807) is 23.0 Å². The Balaban J connectivity index is 1.47. The zero-order valence-electron chi connectivity index (χ0n) is 16.6. The average Bonchev–Trinajstić information content (AvgIpc) is 3.37. The van der Waals surface area contributed by atoms with Gasteiger partial charge in [-0.2, -0.15) is 5.10 Å². The maximum Gasteiger partial charge on any atom is 0.259 e.